The van der Waals surface area contributed by atoms with Gasteiger partial charge in [0.1, 0.15) is 6.04 Å². The summed E-state index contributed by atoms with van der Waals surface area (Å²) in [4.78, 5) is 40.3. The topological polar surface area (TPSA) is 145 Å². The molecular weight excluding hydrogens is 644 g/mol. The second-order valence-electron chi connectivity index (χ2n) is 12.3. The lowest BCUT2D eigenvalue weighted by molar-refractivity contribution is -0.123. The molecule has 4 aromatic rings. The van der Waals surface area contributed by atoms with E-state index < -0.39 is 18.1 Å². The number of nitrogens with zero attached hydrogens (tertiary/aromatic N) is 3. The molecule has 2 heterocycles. The Bertz CT molecular complexity index is 1900. The predicted molar refractivity (Wildman–Crippen MR) is 192 cm³/mol. The van der Waals surface area contributed by atoms with Gasteiger partial charge in [0.15, 0.2) is 23.0 Å². The van der Waals surface area contributed by atoms with Crippen LogP contribution < -0.4 is 35.6 Å². The van der Waals surface area contributed by atoms with E-state index in [4.69, 9.17) is 14.2 Å². The molecule has 260 valence electrons. The number of aromatic nitrogens is 3. The number of fused-ring (bicyclic) bond motifs is 4. The van der Waals surface area contributed by atoms with Crippen LogP contribution in [0.25, 0.3) is 16.8 Å². The van der Waals surface area contributed by atoms with E-state index in [0.717, 1.165) is 16.9 Å². The number of carbonyl (C=O) groups excluding carboxylic acids is 2. The van der Waals surface area contributed by atoms with Crippen molar-refractivity contribution in [1.82, 2.24) is 25.2 Å². The van der Waals surface area contributed by atoms with Crippen LogP contribution in [0.5, 0.6) is 17.2 Å². The highest BCUT2D eigenvalue weighted by Crippen LogP contribution is 2.50. The molecule has 0 bridgehead atoms. The number of anilines is 1. The van der Waals surface area contributed by atoms with E-state index in [2.05, 4.69) is 26.1 Å². The molecular formula is C36H44N6O6S. The van der Waals surface area contributed by atoms with Crippen molar-refractivity contribution in [2.75, 3.05) is 38.7 Å². The molecule has 1 aliphatic carbocycles. The van der Waals surface area contributed by atoms with Crippen LogP contribution in [0.4, 0.5) is 5.69 Å². The van der Waals surface area contributed by atoms with Gasteiger partial charge in [-0.1, -0.05) is 26.0 Å². The number of nitrogens with one attached hydrogen (secondary N) is 3. The second-order valence-corrected chi connectivity index (χ2v) is 13.3. The molecule has 2 aromatic carbocycles. The minimum Gasteiger partial charge on any atom is -0.493 e. The van der Waals surface area contributed by atoms with Crippen molar-refractivity contribution in [3.05, 3.63) is 75.8 Å². The number of pyridine rings is 1. The van der Waals surface area contributed by atoms with E-state index in [1.807, 2.05) is 61.0 Å². The van der Waals surface area contributed by atoms with Gasteiger partial charge in [0.2, 0.25) is 23.0 Å². The molecule has 2 amide bonds. The molecule has 5 rings (SSSR count). The zero-order valence-electron chi connectivity index (χ0n) is 29.0. The third-order valence-electron chi connectivity index (χ3n) is 8.76. The van der Waals surface area contributed by atoms with Gasteiger partial charge in [-0.3, -0.25) is 18.8 Å². The number of aryl methyl sites for hydroxylation is 1. The molecule has 12 nitrogen and oxygen atoms in total. The van der Waals surface area contributed by atoms with Gasteiger partial charge < -0.3 is 30.2 Å². The molecule has 3 N–H and O–H groups in total. The molecule has 3 atom stereocenters. The fraction of sp³-hybridized carbons (Fsp3) is 0.417. The highest BCUT2D eigenvalue weighted by atomic mass is 32.2. The van der Waals surface area contributed by atoms with Gasteiger partial charge in [0.25, 0.3) is 0 Å². The first-order valence-electron chi connectivity index (χ1n) is 16.2. The summed E-state index contributed by atoms with van der Waals surface area (Å²) in [6.45, 7) is 5.31. The van der Waals surface area contributed by atoms with Crippen LogP contribution in [0.1, 0.15) is 62.6 Å². The van der Waals surface area contributed by atoms with E-state index >= 15 is 0 Å². The minimum absolute atomic E-state index is 0.177. The molecule has 0 aliphatic heterocycles. The second kappa shape index (κ2) is 15.6. The van der Waals surface area contributed by atoms with Crippen molar-refractivity contribution in [2.24, 2.45) is 5.92 Å². The highest BCUT2D eigenvalue weighted by Gasteiger charge is 2.31. The number of carbonyl (C=O) groups is 2. The molecule has 0 saturated heterocycles. The number of rotatable bonds is 13. The Morgan fingerprint density at radius 2 is 1.82 bits per heavy atom. The van der Waals surface area contributed by atoms with E-state index in [1.54, 1.807) is 45.2 Å². The Morgan fingerprint density at radius 3 is 2.49 bits per heavy atom. The van der Waals surface area contributed by atoms with Gasteiger partial charge >= 0.3 is 0 Å². The van der Waals surface area contributed by atoms with Crippen molar-refractivity contribution >= 4 is 34.9 Å². The molecule has 13 heteroatoms. The third kappa shape index (κ3) is 7.46. The number of benzene rings is 1. The number of ether oxygens (including phenoxy) is 3. The summed E-state index contributed by atoms with van der Waals surface area (Å²) >= 11 is 1.68. The summed E-state index contributed by atoms with van der Waals surface area (Å²) in [5, 5.41) is 18.2. The van der Waals surface area contributed by atoms with Gasteiger partial charge in [-0.2, -0.15) is 11.8 Å². The van der Waals surface area contributed by atoms with Crippen molar-refractivity contribution in [3.63, 3.8) is 0 Å². The predicted octanol–water partition coefficient (Wildman–Crippen LogP) is 4.95. The monoisotopic (exact) mass is 688 g/mol. The molecule has 1 aliphatic rings. The van der Waals surface area contributed by atoms with Crippen LogP contribution in [0.15, 0.2) is 53.5 Å². The van der Waals surface area contributed by atoms with Crippen LogP contribution in [-0.4, -0.2) is 65.8 Å². The summed E-state index contributed by atoms with van der Waals surface area (Å²) in [7, 11) is 4.67. The Morgan fingerprint density at radius 1 is 1.04 bits per heavy atom. The SMILES string of the molecule is COc1cc2c(c(OC)c1OC)-c1ccc(NC(C(=O)NC(CCSC)c3nnc4ccccn34)C(C)C)c(=O)cc1C(NC(C)=O)CC2. The summed E-state index contributed by atoms with van der Waals surface area (Å²) < 4.78 is 19.1. The van der Waals surface area contributed by atoms with Crippen LogP contribution in [-0.2, 0) is 16.0 Å². The third-order valence-corrected chi connectivity index (χ3v) is 9.40. The first-order valence-corrected chi connectivity index (χ1v) is 17.6. The largest absolute Gasteiger partial charge is 0.493 e. The summed E-state index contributed by atoms with van der Waals surface area (Å²) in [6.07, 6.45) is 5.67. The maximum absolute atomic E-state index is 14.0. The fourth-order valence-electron chi connectivity index (χ4n) is 6.39. The zero-order valence-corrected chi connectivity index (χ0v) is 29.8. The number of thioether (sulfide) groups is 1. The van der Waals surface area contributed by atoms with E-state index in [0.29, 0.717) is 59.1 Å². The number of methoxy groups -OCH3 is 3. The van der Waals surface area contributed by atoms with Crippen molar-refractivity contribution < 1.29 is 23.8 Å². The van der Waals surface area contributed by atoms with Gasteiger partial charge in [0.05, 0.1) is 39.1 Å². The molecule has 2 aromatic heterocycles. The van der Waals surface area contributed by atoms with Gasteiger partial charge in [0, 0.05) is 18.7 Å². The normalized spacial score (nSPS) is 15.0. The number of hydrogen-bond donors (Lipinski definition) is 3. The highest BCUT2D eigenvalue weighted by molar-refractivity contribution is 7.98. The number of hydrogen-bond acceptors (Lipinski definition) is 10. The fourth-order valence-corrected chi connectivity index (χ4v) is 6.86. The van der Waals surface area contributed by atoms with Crippen LogP contribution in [0.3, 0.4) is 0 Å². The Balaban J connectivity index is 1.56. The van der Waals surface area contributed by atoms with Crippen LogP contribution >= 0.6 is 11.8 Å². The minimum atomic E-state index is -0.747. The van der Waals surface area contributed by atoms with Gasteiger partial charge in [-0.15, -0.1) is 10.2 Å². The number of amides is 2. The average molecular weight is 689 g/mol. The molecule has 0 fully saturated rings. The summed E-state index contributed by atoms with van der Waals surface area (Å²) in [5.74, 6) is 2.20. The Labute approximate surface area is 290 Å². The first-order chi connectivity index (χ1) is 23.6. The van der Waals surface area contributed by atoms with Gasteiger partial charge in [-0.25, -0.2) is 0 Å². The zero-order chi connectivity index (χ0) is 35.2. The molecule has 0 saturated carbocycles. The smallest absolute Gasteiger partial charge is 0.243 e. The molecule has 3 unspecified atom stereocenters. The van der Waals surface area contributed by atoms with Crippen molar-refractivity contribution in [1.29, 1.82) is 0 Å². The quantitative estimate of drug-likeness (QED) is 0.176. The van der Waals surface area contributed by atoms with Crippen LogP contribution in [0.2, 0.25) is 0 Å². The molecule has 0 radical (unpaired) electrons. The lowest BCUT2D eigenvalue weighted by Gasteiger charge is -2.25. The molecule has 0 spiro atoms. The van der Waals surface area contributed by atoms with E-state index in [1.165, 1.54) is 6.92 Å². The van der Waals surface area contributed by atoms with Gasteiger partial charge in [-0.05, 0) is 84.2 Å². The average Bonchev–Trinajstić information content (AvgIpc) is 3.38. The Hall–Kier alpha value is -4.78. The van der Waals surface area contributed by atoms with Crippen molar-refractivity contribution in [3.8, 4) is 28.4 Å². The summed E-state index contributed by atoms with van der Waals surface area (Å²) in [5.41, 5.74) is 3.64. The van der Waals surface area contributed by atoms with Crippen molar-refractivity contribution in [2.45, 2.75) is 58.2 Å². The Kier molecular flexibility index (Phi) is 11.3. The lowest BCUT2D eigenvalue weighted by atomic mass is 9.95. The van der Waals surface area contributed by atoms with E-state index in [9.17, 15) is 14.4 Å². The van der Waals surface area contributed by atoms with E-state index in [-0.39, 0.29) is 28.8 Å². The van der Waals surface area contributed by atoms with Crippen LogP contribution in [0, 0.1) is 5.92 Å². The standard InChI is InChI=1S/C36H44N6O6S/c1-20(2)32(36(45)39-27(15-17-49-7)35-41-40-30-10-8-9-16-42(30)35)38-26-14-12-23-24(19-28(26)44)25(37-21(3)43)13-11-22-18-29(46-4)33(47-5)34(48-6)31(22)23/h8-10,12,14,16,18-20,25,27,32H,11,13,15,17H2,1-7H3,(H,37,43)(H,38,44)(H,39,45). The summed E-state index contributed by atoms with van der Waals surface area (Å²) in [6, 6.07) is 11.0. The first kappa shape index (κ1) is 35.5. The maximum atomic E-state index is 14.0. The molecule has 49 heavy (non-hydrogen) atoms. The maximum Gasteiger partial charge on any atom is 0.243 e. The lowest BCUT2D eigenvalue weighted by Crippen LogP contribution is -2.45.